The third-order valence-corrected chi connectivity index (χ3v) is 5.15. The zero-order chi connectivity index (χ0) is 14.0. The zero-order valence-corrected chi connectivity index (χ0v) is 14.4. The Morgan fingerprint density at radius 3 is 2.58 bits per heavy atom. The maximum atomic E-state index is 6.12. The lowest BCUT2D eigenvalue weighted by Gasteiger charge is -2.19. The molecule has 0 amide bonds. The SMILES string of the molecule is CCNC(c1ccc(Cl)c(C)c1)c1cc(Br)sc1C. The summed E-state index contributed by atoms with van der Waals surface area (Å²) in [6.07, 6.45) is 0. The number of rotatable bonds is 4. The Balaban J connectivity index is 2.44. The van der Waals surface area contributed by atoms with Gasteiger partial charge in [-0.2, -0.15) is 0 Å². The molecule has 102 valence electrons. The molecular formula is C15H17BrClNS. The number of nitrogens with one attached hydrogen (secondary N) is 1. The highest BCUT2D eigenvalue weighted by atomic mass is 79.9. The summed E-state index contributed by atoms with van der Waals surface area (Å²) in [4.78, 5) is 1.34. The van der Waals surface area contributed by atoms with E-state index in [4.69, 9.17) is 11.6 Å². The first-order valence-electron chi connectivity index (χ1n) is 6.28. The minimum atomic E-state index is 0.225. The number of hydrogen-bond donors (Lipinski definition) is 1. The lowest BCUT2D eigenvalue weighted by atomic mass is 9.98. The highest BCUT2D eigenvalue weighted by Gasteiger charge is 2.18. The predicted molar refractivity (Wildman–Crippen MR) is 88.5 cm³/mol. The van der Waals surface area contributed by atoms with Crippen molar-refractivity contribution in [2.75, 3.05) is 6.54 Å². The molecule has 2 rings (SSSR count). The number of hydrogen-bond acceptors (Lipinski definition) is 2. The molecule has 0 aliphatic rings. The van der Waals surface area contributed by atoms with Crippen molar-refractivity contribution in [2.24, 2.45) is 0 Å². The normalized spacial score (nSPS) is 12.7. The maximum Gasteiger partial charge on any atom is 0.0704 e. The largest absolute Gasteiger partial charge is 0.306 e. The molecular weight excluding hydrogens is 342 g/mol. The van der Waals surface area contributed by atoms with Gasteiger partial charge in [-0.05, 0) is 65.1 Å². The van der Waals surface area contributed by atoms with E-state index >= 15 is 0 Å². The van der Waals surface area contributed by atoms with Crippen LogP contribution in [-0.4, -0.2) is 6.54 Å². The Hall–Kier alpha value is -0.350. The van der Waals surface area contributed by atoms with Gasteiger partial charge in [0.2, 0.25) is 0 Å². The van der Waals surface area contributed by atoms with Crippen LogP contribution in [0.25, 0.3) is 0 Å². The van der Waals surface area contributed by atoms with Crippen molar-refractivity contribution in [3.8, 4) is 0 Å². The number of aryl methyl sites for hydroxylation is 2. The first-order valence-corrected chi connectivity index (χ1v) is 8.27. The molecule has 0 spiro atoms. The maximum absolute atomic E-state index is 6.12. The molecule has 1 N–H and O–H groups in total. The lowest BCUT2D eigenvalue weighted by molar-refractivity contribution is 0.629. The number of thiophene rings is 1. The molecule has 19 heavy (non-hydrogen) atoms. The molecule has 4 heteroatoms. The molecule has 1 atom stereocenters. The van der Waals surface area contributed by atoms with Gasteiger partial charge >= 0.3 is 0 Å². The predicted octanol–water partition coefficient (Wildman–Crippen LogP) is 5.48. The standard InChI is InChI=1S/C15H17BrClNS/c1-4-18-15(12-8-14(16)19-10(12)3)11-5-6-13(17)9(2)7-11/h5-8,15,18H,4H2,1-3H3. The summed E-state index contributed by atoms with van der Waals surface area (Å²) in [5.41, 5.74) is 3.71. The van der Waals surface area contributed by atoms with Crippen LogP contribution in [-0.2, 0) is 0 Å². The van der Waals surface area contributed by atoms with Gasteiger partial charge in [-0.15, -0.1) is 11.3 Å². The minimum Gasteiger partial charge on any atom is -0.306 e. The second-order valence-electron chi connectivity index (χ2n) is 4.56. The van der Waals surface area contributed by atoms with Crippen LogP contribution in [0.3, 0.4) is 0 Å². The van der Waals surface area contributed by atoms with Crippen molar-refractivity contribution in [3.63, 3.8) is 0 Å². The summed E-state index contributed by atoms with van der Waals surface area (Å²) < 4.78 is 1.17. The Labute approximate surface area is 132 Å². The molecule has 0 fully saturated rings. The van der Waals surface area contributed by atoms with Gasteiger partial charge in [0.1, 0.15) is 0 Å². The molecule has 0 bridgehead atoms. The van der Waals surface area contributed by atoms with Crippen molar-refractivity contribution in [1.29, 1.82) is 0 Å². The summed E-state index contributed by atoms with van der Waals surface area (Å²) in [5.74, 6) is 0. The Morgan fingerprint density at radius 2 is 2.05 bits per heavy atom. The fraction of sp³-hybridized carbons (Fsp3) is 0.333. The van der Waals surface area contributed by atoms with E-state index in [1.807, 2.05) is 13.0 Å². The van der Waals surface area contributed by atoms with Gasteiger partial charge in [-0.25, -0.2) is 0 Å². The molecule has 0 saturated heterocycles. The zero-order valence-electron chi connectivity index (χ0n) is 11.3. The van der Waals surface area contributed by atoms with Gasteiger partial charge in [0, 0.05) is 9.90 Å². The quantitative estimate of drug-likeness (QED) is 0.763. The summed E-state index contributed by atoms with van der Waals surface area (Å²) in [7, 11) is 0. The van der Waals surface area contributed by atoms with Crippen LogP contribution in [0.4, 0.5) is 0 Å². The van der Waals surface area contributed by atoms with Gasteiger partial charge in [0.15, 0.2) is 0 Å². The molecule has 2 aromatic rings. The second-order valence-corrected chi connectivity index (χ2v) is 7.60. The Bertz CT molecular complexity index is 580. The third kappa shape index (κ3) is 3.40. The average molecular weight is 359 g/mol. The van der Waals surface area contributed by atoms with E-state index < -0.39 is 0 Å². The van der Waals surface area contributed by atoms with Gasteiger partial charge in [0.25, 0.3) is 0 Å². The summed E-state index contributed by atoms with van der Waals surface area (Å²) in [6, 6.07) is 8.68. The van der Waals surface area contributed by atoms with Gasteiger partial charge in [-0.3, -0.25) is 0 Å². The van der Waals surface area contributed by atoms with E-state index in [-0.39, 0.29) is 6.04 Å². The molecule has 1 unspecified atom stereocenters. The van der Waals surface area contributed by atoms with Crippen LogP contribution >= 0.6 is 38.9 Å². The Kier molecular flexibility index (Phi) is 5.07. The molecule has 0 aliphatic heterocycles. The van der Waals surface area contributed by atoms with Crippen LogP contribution in [0, 0.1) is 13.8 Å². The van der Waals surface area contributed by atoms with Crippen molar-refractivity contribution in [2.45, 2.75) is 26.8 Å². The summed E-state index contributed by atoms with van der Waals surface area (Å²) in [6.45, 7) is 7.27. The van der Waals surface area contributed by atoms with Gasteiger partial charge in [-0.1, -0.05) is 30.7 Å². The van der Waals surface area contributed by atoms with Gasteiger partial charge < -0.3 is 5.32 Å². The van der Waals surface area contributed by atoms with E-state index in [1.54, 1.807) is 11.3 Å². The van der Waals surface area contributed by atoms with Crippen molar-refractivity contribution >= 4 is 38.9 Å². The average Bonchev–Trinajstić information content (AvgIpc) is 2.69. The fourth-order valence-electron chi connectivity index (χ4n) is 2.20. The van der Waals surface area contributed by atoms with Crippen LogP contribution in [0.1, 0.15) is 34.5 Å². The molecule has 1 nitrogen and oxygen atoms in total. The highest BCUT2D eigenvalue weighted by molar-refractivity contribution is 9.11. The molecule has 1 aromatic carbocycles. The van der Waals surface area contributed by atoms with E-state index in [0.29, 0.717) is 0 Å². The first kappa shape index (κ1) is 15.0. The van der Waals surface area contributed by atoms with E-state index in [9.17, 15) is 0 Å². The third-order valence-electron chi connectivity index (χ3n) is 3.16. The van der Waals surface area contributed by atoms with Crippen LogP contribution in [0.15, 0.2) is 28.1 Å². The van der Waals surface area contributed by atoms with E-state index in [0.717, 1.165) is 17.1 Å². The van der Waals surface area contributed by atoms with Crippen molar-refractivity contribution in [1.82, 2.24) is 5.32 Å². The Morgan fingerprint density at radius 1 is 1.32 bits per heavy atom. The number of benzene rings is 1. The molecule has 0 aliphatic carbocycles. The van der Waals surface area contributed by atoms with Crippen LogP contribution in [0.2, 0.25) is 5.02 Å². The van der Waals surface area contributed by atoms with Crippen molar-refractivity contribution in [3.05, 3.63) is 54.6 Å². The summed E-state index contributed by atoms with van der Waals surface area (Å²) in [5, 5.41) is 4.38. The summed E-state index contributed by atoms with van der Waals surface area (Å²) >= 11 is 11.5. The number of halogens is 2. The topological polar surface area (TPSA) is 12.0 Å². The molecule has 1 heterocycles. The van der Waals surface area contributed by atoms with Gasteiger partial charge in [0.05, 0.1) is 9.83 Å². The highest BCUT2D eigenvalue weighted by Crippen LogP contribution is 2.34. The minimum absolute atomic E-state index is 0.225. The second kappa shape index (κ2) is 6.40. The lowest BCUT2D eigenvalue weighted by Crippen LogP contribution is -2.22. The van der Waals surface area contributed by atoms with Crippen molar-refractivity contribution < 1.29 is 0 Å². The monoisotopic (exact) mass is 357 g/mol. The van der Waals surface area contributed by atoms with Crippen LogP contribution in [0.5, 0.6) is 0 Å². The smallest absolute Gasteiger partial charge is 0.0704 e. The molecule has 0 saturated carbocycles. The van der Waals surface area contributed by atoms with E-state index in [1.165, 1.54) is 19.8 Å². The molecule has 0 radical (unpaired) electrons. The van der Waals surface area contributed by atoms with Crippen LogP contribution < -0.4 is 5.32 Å². The fourth-order valence-corrected chi connectivity index (χ4v) is 4.07. The molecule has 1 aromatic heterocycles. The van der Waals surface area contributed by atoms with E-state index in [2.05, 4.69) is 53.3 Å². The first-order chi connectivity index (χ1) is 9.02.